The zero-order valence-corrected chi connectivity index (χ0v) is 12.5. The molecule has 19 heavy (non-hydrogen) atoms. The van der Waals surface area contributed by atoms with Crippen molar-refractivity contribution in [1.29, 1.82) is 0 Å². The molecule has 1 fully saturated rings. The Hall–Kier alpha value is -1.07. The van der Waals surface area contributed by atoms with Gasteiger partial charge in [0.1, 0.15) is 0 Å². The molecular formula is C14H18BrNO3. The van der Waals surface area contributed by atoms with Crippen LogP contribution in [0.15, 0.2) is 22.7 Å². The van der Waals surface area contributed by atoms with Crippen LogP contribution in [0.2, 0.25) is 0 Å². The number of rotatable bonds is 3. The number of benzene rings is 1. The number of piperidine rings is 1. The molecule has 0 atom stereocenters. The van der Waals surface area contributed by atoms with Crippen LogP contribution in [0.3, 0.4) is 0 Å². The van der Waals surface area contributed by atoms with Crippen LogP contribution in [0.25, 0.3) is 0 Å². The van der Waals surface area contributed by atoms with Crippen LogP contribution < -0.4 is 4.90 Å². The Labute approximate surface area is 121 Å². The summed E-state index contributed by atoms with van der Waals surface area (Å²) in [4.78, 5) is 14.0. The zero-order valence-electron chi connectivity index (χ0n) is 10.9. The van der Waals surface area contributed by atoms with Crippen molar-refractivity contribution in [2.24, 2.45) is 5.92 Å². The second kappa shape index (κ2) is 6.39. The molecule has 1 aromatic carbocycles. The number of carbonyl (C=O) groups excluding carboxylic acids is 1. The summed E-state index contributed by atoms with van der Waals surface area (Å²) >= 11 is 3.44. The van der Waals surface area contributed by atoms with Gasteiger partial charge in [0.05, 0.1) is 18.4 Å². The molecule has 2 rings (SSSR count). The second-order valence-corrected chi connectivity index (χ2v) is 5.68. The summed E-state index contributed by atoms with van der Waals surface area (Å²) in [5.74, 6) is 0.0664. The number of halogens is 1. The molecule has 5 heteroatoms. The second-order valence-electron chi connectivity index (χ2n) is 4.77. The Morgan fingerprint density at radius 3 is 2.74 bits per heavy atom. The van der Waals surface area contributed by atoms with E-state index in [1.807, 2.05) is 12.1 Å². The Morgan fingerprint density at radius 1 is 1.47 bits per heavy atom. The molecule has 1 saturated heterocycles. The average molecular weight is 328 g/mol. The Balaban J connectivity index is 2.23. The van der Waals surface area contributed by atoms with Crippen LogP contribution in [-0.2, 0) is 4.74 Å². The Kier molecular flexibility index (Phi) is 4.82. The van der Waals surface area contributed by atoms with E-state index in [0.29, 0.717) is 11.5 Å². The first kappa shape index (κ1) is 14.3. The van der Waals surface area contributed by atoms with Crippen LogP contribution in [0.4, 0.5) is 5.69 Å². The van der Waals surface area contributed by atoms with E-state index in [-0.39, 0.29) is 12.6 Å². The number of esters is 1. The lowest BCUT2D eigenvalue weighted by molar-refractivity contribution is 0.0601. The SMILES string of the molecule is COC(=O)c1ccc(Br)cc1N1CCC(CO)CC1. The number of ether oxygens (including phenoxy) is 1. The van der Waals surface area contributed by atoms with Gasteiger partial charge in [0.2, 0.25) is 0 Å². The number of methoxy groups -OCH3 is 1. The minimum atomic E-state index is -0.313. The number of hydrogen-bond acceptors (Lipinski definition) is 4. The van der Waals surface area contributed by atoms with E-state index < -0.39 is 0 Å². The lowest BCUT2D eigenvalue weighted by Gasteiger charge is -2.33. The fraction of sp³-hybridized carbons (Fsp3) is 0.500. The van der Waals surface area contributed by atoms with Gasteiger partial charge >= 0.3 is 5.97 Å². The summed E-state index contributed by atoms with van der Waals surface area (Å²) in [6, 6.07) is 5.57. The van der Waals surface area contributed by atoms with Gasteiger partial charge in [0.25, 0.3) is 0 Å². The molecule has 1 aliphatic heterocycles. The zero-order chi connectivity index (χ0) is 13.8. The largest absolute Gasteiger partial charge is 0.465 e. The van der Waals surface area contributed by atoms with E-state index in [9.17, 15) is 9.90 Å². The van der Waals surface area contributed by atoms with E-state index in [0.717, 1.165) is 36.1 Å². The topological polar surface area (TPSA) is 49.8 Å². The fourth-order valence-electron chi connectivity index (χ4n) is 2.41. The molecule has 0 unspecified atom stereocenters. The number of anilines is 1. The highest BCUT2D eigenvalue weighted by molar-refractivity contribution is 9.10. The van der Waals surface area contributed by atoms with Gasteiger partial charge in [-0.15, -0.1) is 0 Å². The van der Waals surface area contributed by atoms with E-state index in [1.54, 1.807) is 6.07 Å². The quantitative estimate of drug-likeness (QED) is 0.866. The molecule has 1 aliphatic rings. The highest BCUT2D eigenvalue weighted by atomic mass is 79.9. The standard InChI is InChI=1S/C14H18BrNO3/c1-19-14(18)12-3-2-11(15)8-13(12)16-6-4-10(9-17)5-7-16/h2-3,8,10,17H,4-7,9H2,1H3. The maximum absolute atomic E-state index is 11.8. The first-order chi connectivity index (χ1) is 9.15. The molecule has 0 radical (unpaired) electrons. The van der Waals surface area contributed by atoms with Crippen molar-refractivity contribution >= 4 is 27.6 Å². The molecule has 0 aliphatic carbocycles. The van der Waals surface area contributed by atoms with Crippen molar-refractivity contribution in [2.45, 2.75) is 12.8 Å². The van der Waals surface area contributed by atoms with Crippen molar-refractivity contribution < 1.29 is 14.6 Å². The number of aliphatic hydroxyl groups excluding tert-OH is 1. The first-order valence-electron chi connectivity index (χ1n) is 6.39. The molecule has 1 heterocycles. The molecule has 0 spiro atoms. The molecule has 4 nitrogen and oxygen atoms in total. The van der Waals surface area contributed by atoms with Crippen LogP contribution in [0.1, 0.15) is 23.2 Å². The number of nitrogens with zero attached hydrogens (tertiary/aromatic N) is 1. The third-order valence-corrected chi connectivity index (χ3v) is 4.07. The summed E-state index contributed by atoms with van der Waals surface area (Å²) in [5, 5.41) is 9.17. The molecule has 0 bridgehead atoms. The van der Waals surface area contributed by atoms with Crippen molar-refractivity contribution in [2.75, 3.05) is 31.7 Å². The number of aliphatic hydroxyl groups is 1. The average Bonchev–Trinajstić information content (AvgIpc) is 2.46. The maximum atomic E-state index is 11.8. The lowest BCUT2D eigenvalue weighted by atomic mass is 9.97. The molecule has 1 N–H and O–H groups in total. The summed E-state index contributed by atoms with van der Waals surface area (Å²) < 4.78 is 5.77. The molecule has 0 amide bonds. The van der Waals surface area contributed by atoms with E-state index >= 15 is 0 Å². The maximum Gasteiger partial charge on any atom is 0.339 e. The van der Waals surface area contributed by atoms with Crippen molar-refractivity contribution in [3.8, 4) is 0 Å². The molecule has 0 aromatic heterocycles. The molecule has 104 valence electrons. The highest BCUT2D eigenvalue weighted by Crippen LogP contribution is 2.29. The summed E-state index contributed by atoms with van der Waals surface area (Å²) in [7, 11) is 1.39. The third kappa shape index (κ3) is 3.28. The van der Waals surface area contributed by atoms with E-state index in [1.165, 1.54) is 7.11 Å². The van der Waals surface area contributed by atoms with Gasteiger partial charge in [0, 0.05) is 24.2 Å². The van der Waals surface area contributed by atoms with Crippen molar-refractivity contribution in [3.63, 3.8) is 0 Å². The van der Waals surface area contributed by atoms with Crippen LogP contribution in [0, 0.1) is 5.92 Å². The van der Waals surface area contributed by atoms with Crippen molar-refractivity contribution in [3.05, 3.63) is 28.2 Å². The molecular weight excluding hydrogens is 310 g/mol. The normalized spacial score (nSPS) is 16.5. The third-order valence-electron chi connectivity index (χ3n) is 3.58. The van der Waals surface area contributed by atoms with Crippen LogP contribution in [-0.4, -0.2) is 37.9 Å². The Morgan fingerprint density at radius 2 is 2.16 bits per heavy atom. The number of hydrogen-bond donors (Lipinski definition) is 1. The van der Waals surface area contributed by atoms with Crippen LogP contribution >= 0.6 is 15.9 Å². The van der Waals surface area contributed by atoms with E-state index in [4.69, 9.17) is 4.74 Å². The van der Waals surface area contributed by atoms with Crippen molar-refractivity contribution in [1.82, 2.24) is 0 Å². The summed E-state index contributed by atoms with van der Waals surface area (Å²) in [5.41, 5.74) is 1.49. The number of carbonyl (C=O) groups is 1. The predicted molar refractivity (Wildman–Crippen MR) is 77.5 cm³/mol. The summed E-state index contributed by atoms with van der Waals surface area (Å²) in [6.45, 7) is 1.95. The van der Waals surface area contributed by atoms with Gasteiger partial charge in [0.15, 0.2) is 0 Å². The summed E-state index contributed by atoms with van der Waals surface area (Å²) in [6.07, 6.45) is 1.90. The smallest absolute Gasteiger partial charge is 0.339 e. The van der Waals surface area contributed by atoms with Gasteiger partial charge in [-0.3, -0.25) is 0 Å². The minimum Gasteiger partial charge on any atom is -0.465 e. The minimum absolute atomic E-state index is 0.246. The van der Waals surface area contributed by atoms with Gasteiger partial charge in [-0.25, -0.2) is 4.79 Å². The van der Waals surface area contributed by atoms with Crippen LogP contribution in [0.5, 0.6) is 0 Å². The molecule has 0 saturated carbocycles. The van der Waals surface area contributed by atoms with Gasteiger partial charge < -0.3 is 14.7 Å². The predicted octanol–water partition coefficient (Wildman–Crippen LogP) is 2.44. The van der Waals surface area contributed by atoms with Gasteiger partial charge in [-0.05, 0) is 37.0 Å². The monoisotopic (exact) mass is 327 g/mol. The Bertz CT molecular complexity index is 456. The van der Waals surface area contributed by atoms with Gasteiger partial charge in [-0.1, -0.05) is 15.9 Å². The van der Waals surface area contributed by atoms with E-state index in [2.05, 4.69) is 20.8 Å². The first-order valence-corrected chi connectivity index (χ1v) is 7.18. The molecule has 1 aromatic rings. The highest BCUT2D eigenvalue weighted by Gasteiger charge is 2.23. The fourth-order valence-corrected chi connectivity index (χ4v) is 2.75. The lowest BCUT2D eigenvalue weighted by Crippen LogP contribution is -2.35. The van der Waals surface area contributed by atoms with Gasteiger partial charge in [-0.2, -0.15) is 0 Å².